The van der Waals surface area contributed by atoms with Crippen molar-refractivity contribution in [3.05, 3.63) is 65.7 Å². The molecule has 1 atom stereocenters. The van der Waals surface area contributed by atoms with Crippen LogP contribution in [0.4, 0.5) is 4.39 Å². The van der Waals surface area contributed by atoms with E-state index >= 15 is 0 Å². The Labute approximate surface area is 135 Å². The lowest BCUT2D eigenvalue weighted by atomic mass is 9.97. The summed E-state index contributed by atoms with van der Waals surface area (Å²) in [6.45, 7) is 2.83. The molecule has 1 aliphatic rings. The third kappa shape index (κ3) is 3.13. The molecule has 4 rings (SSSR count). The van der Waals surface area contributed by atoms with Crippen LogP contribution in [0.2, 0.25) is 0 Å². The fourth-order valence-corrected chi connectivity index (χ4v) is 3.48. The largest absolute Gasteiger partial charge is 0.342 e. The molecule has 0 aliphatic carbocycles. The number of imidazole rings is 1. The number of aromatic nitrogens is 2. The van der Waals surface area contributed by atoms with Gasteiger partial charge in [-0.25, -0.2) is 9.37 Å². The normalized spacial score (nSPS) is 19.3. The minimum atomic E-state index is -0.159. The molecule has 1 fully saturated rings. The van der Waals surface area contributed by atoms with Gasteiger partial charge in [0.25, 0.3) is 0 Å². The number of hydrogen-bond acceptors (Lipinski definition) is 2. The van der Waals surface area contributed by atoms with Crippen molar-refractivity contribution < 1.29 is 4.39 Å². The highest BCUT2D eigenvalue weighted by Crippen LogP contribution is 2.27. The molecule has 1 N–H and O–H groups in total. The van der Waals surface area contributed by atoms with Gasteiger partial charge in [-0.1, -0.05) is 24.3 Å². The van der Waals surface area contributed by atoms with E-state index in [4.69, 9.17) is 4.98 Å². The van der Waals surface area contributed by atoms with Crippen LogP contribution >= 0.6 is 0 Å². The molecule has 2 heterocycles. The van der Waals surface area contributed by atoms with Gasteiger partial charge in [-0.3, -0.25) is 4.90 Å². The molecule has 23 heavy (non-hydrogen) atoms. The Morgan fingerprint density at radius 1 is 1.17 bits per heavy atom. The number of piperidine rings is 1. The van der Waals surface area contributed by atoms with E-state index in [0.29, 0.717) is 5.92 Å². The van der Waals surface area contributed by atoms with Crippen LogP contribution in [0.3, 0.4) is 0 Å². The summed E-state index contributed by atoms with van der Waals surface area (Å²) in [5.74, 6) is 1.34. The summed E-state index contributed by atoms with van der Waals surface area (Å²) >= 11 is 0. The monoisotopic (exact) mass is 309 g/mol. The number of hydrogen-bond donors (Lipinski definition) is 1. The van der Waals surface area contributed by atoms with Crippen LogP contribution < -0.4 is 0 Å². The smallest absolute Gasteiger partial charge is 0.123 e. The molecular weight excluding hydrogens is 289 g/mol. The average Bonchev–Trinajstić information content (AvgIpc) is 2.99. The summed E-state index contributed by atoms with van der Waals surface area (Å²) in [5, 5.41) is 0. The van der Waals surface area contributed by atoms with E-state index < -0.39 is 0 Å². The van der Waals surface area contributed by atoms with Crippen LogP contribution in [-0.2, 0) is 6.54 Å². The number of H-pyrrole nitrogens is 1. The molecule has 1 aliphatic heterocycles. The second kappa shape index (κ2) is 6.13. The minimum Gasteiger partial charge on any atom is -0.342 e. The van der Waals surface area contributed by atoms with E-state index in [9.17, 15) is 4.39 Å². The maximum atomic E-state index is 13.3. The number of likely N-dealkylation sites (tertiary alicyclic amines) is 1. The highest BCUT2D eigenvalue weighted by atomic mass is 19.1. The topological polar surface area (TPSA) is 31.9 Å². The van der Waals surface area contributed by atoms with Gasteiger partial charge < -0.3 is 4.98 Å². The summed E-state index contributed by atoms with van der Waals surface area (Å²) in [4.78, 5) is 10.6. The second-order valence-corrected chi connectivity index (χ2v) is 6.34. The van der Waals surface area contributed by atoms with E-state index in [2.05, 4.69) is 16.0 Å². The zero-order valence-electron chi connectivity index (χ0n) is 13.0. The zero-order chi connectivity index (χ0) is 15.6. The van der Waals surface area contributed by atoms with Gasteiger partial charge in [-0.15, -0.1) is 0 Å². The maximum absolute atomic E-state index is 13.3. The van der Waals surface area contributed by atoms with Gasteiger partial charge >= 0.3 is 0 Å². The Balaban J connectivity index is 1.50. The number of para-hydroxylation sites is 2. The van der Waals surface area contributed by atoms with Crippen molar-refractivity contribution in [3.63, 3.8) is 0 Å². The maximum Gasteiger partial charge on any atom is 0.123 e. The predicted octanol–water partition coefficient (Wildman–Crippen LogP) is 4.08. The summed E-state index contributed by atoms with van der Waals surface area (Å²) in [6, 6.07) is 15.1. The Bertz CT molecular complexity index is 778. The van der Waals surface area contributed by atoms with E-state index in [1.165, 1.54) is 6.07 Å². The summed E-state index contributed by atoms with van der Waals surface area (Å²) < 4.78 is 13.3. The molecule has 3 nitrogen and oxygen atoms in total. The van der Waals surface area contributed by atoms with Crippen LogP contribution in [0, 0.1) is 5.82 Å². The Morgan fingerprint density at radius 2 is 2.09 bits per heavy atom. The molecule has 0 unspecified atom stereocenters. The van der Waals surface area contributed by atoms with Crippen molar-refractivity contribution in [1.29, 1.82) is 0 Å². The lowest BCUT2D eigenvalue weighted by Crippen LogP contribution is -2.34. The van der Waals surface area contributed by atoms with E-state index in [1.54, 1.807) is 12.1 Å². The summed E-state index contributed by atoms with van der Waals surface area (Å²) in [5.41, 5.74) is 3.17. The Hall–Kier alpha value is -2.20. The molecule has 1 saturated heterocycles. The first-order valence-electron chi connectivity index (χ1n) is 8.19. The molecule has 0 amide bonds. The molecule has 2 aromatic carbocycles. The summed E-state index contributed by atoms with van der Waals surface area (Å²) in [7, 11) is 0. The minimum absolute atomic E-state index is 0.159. The third-order valence-electron chi connectivity index (χ3n) is 4.60. The number of nitrogens with zero attached hydrogens (tertiary/aromatic N) is 2. The number of benzene rings is 2. The lowest BCUT2D eigenvalue weighted by Gasteiger charge is -2.31. The molecule has 0 saturated carbocycles. The van der Waals surface area contributed by atoms with Crippen molar-refractivity contribution in [2.24, 2.45) is 0 Å². The Morgan fingerprint density at radius 3 is 2.96 bits per heavy atom. The van der Waals surface area contributed by atoms with Gasteiger partial charge in [0, 0.05) is 19.0 Å². The number of fused-ring (bicyclic) bond motifs is 1. The molecule has 3 aromatic rings. The molecule has 0 spiro atoms. The quantitative estimate of drug-likeness (QED) is 0.790. The summed E-state index contributed by atoms with van der Waals surface area (Å²) in [6.07, 6.45) is 2.30. The highest BCUT2D eigenvalue weighted by molar-refractivity contribution is 5.74. The highest BCUT2D eigenvalue weighted by Gasteiger charge is 2.23. The standard InChI is InChI=1S/C19H20FN3/c20-16-7-3-5-14(11-16)12-23-10-4-6-15(13-23)19-21-17-8-1-2-9-18(17)22-19/h1-3,5,7-9,11,15H,4,6,10,12-13H2,(H,21,22)/t15-/m1/s1. The van der Waals surface area contributed by atoms with Crippen LogP contribution in [0.1, 0.15) is 30.1 Å². The van der Waals surface area contributed by atoms with Crippen LogP contribution in [0.15, 0.2) is 48.5 Å². The van der Waals surface area contributed by atoms with Crippen LogP contribution in [-0.4, -0.2) is 28.0 Å². The molecular formula is C19H20FN3. The van der Waals surface area contributed by atoms with Gasteiger partial charge in [0.2, 0.25) is 0 Å². The molecule has 118 valence electrons. The van der Waals surface area contributed by atoms with Crippen LogP contribution in [0.25, 0.3) is 11.0 Å². The van der Waals surface area contributed by atoms with Crippen molar-refractivity contribution in [2.45, 2.75) is 25.3 Å². The average molecular weight is 309 g/mol. The van der Waals surface area contributed by atoms with Crippen molar-refractivity contribution >= 4 is 11.0 Å². The van der Waals surface area contributed by atoms with Crippen molar-refractivity contribution in [2.75, 3.05) is 13.1 Å². The molecule has 0 bridgehead atoms. The van der Waals surface area contributed by atoms with E-state index in [0.717, 1.165) is 54.9 Å². The molecule has 0 radical (unpaired) electrons. The fourth-order valence-electron chi connectivity index (χ4n) is 3.48. The first-order chi connectivity index (χ1) is 11.3. The predicted molar refractivity (Wildman–Crippen MR) is 89.7 cm³/mol. The first kappa shape index (κ1) is 14.4. The van der Waals surface area contributed by atoms with Gasteiger partial charge in [-0.2, -0.15) is 0 Å². The third-order valence-corrected chi connectivity index (χ3v) is 4.60. The number of halogens is 1. The van der Waals surface area contributed by atoms with Crippen LogP contribution in [0.5, 0.6) is 0 Å². The zero-order valence-corrected chi connectivity index (χ0v) is 13.0. The van der Waals surface area contributed by atoms with Gasteiger partial charge in [0.1, 0.15) is 11.6 Å². The number of rotatable bonds is 3. The van der Waals surface area contributed by atoms with Gasteiger partial charge in [0.15, 0.2) is 0 Å². The van der Waals surface area contributed by atoms with Crippen molar-refractivity contribution in [1.82, 2.24) is 14.9 Å². The second-order valence-electron chi connectivity index (χ2n) is 6.34. The van der Waals surface area contributed by atoms with E-state index in [-0.39, 0.29) is 5.82 Å². The SMILES string of the molecule is Fc1cccc(CN2CCC[C@@H](c3nc4ccccc4[nH]3)C2)c1. The van der Waals surface area contributed by atoms with Crippen molar-refractivity contribution in [3.8, 4) is 0 Å². The Kier molecular flexibility index (Phi) is 3.83. The van der Waals surface area contributed by atoms with Gasteiger partial charge in [0.05, 0.1) is 11.0 Å². The molecule has 4 heteroatoms. The van der Waals surface area contributed by atoms with Gasteiger partial charge in [-0.05, 0) is 49.2 Å². The number of aromatic amines is 1. The fraction of sp³-hybridized carbons (Fsp3) is 0.316. The lowest BCUT2D eigenvalue weighted by molar-refractivity contribution is 0.197. The number of nitrogens with one attached hydrogen (secondary N) is 1. The van der Waals surface area contributed by atoms with E-state index in [1.807, 2.05) is 24.3 Å². The molecule has 1 aromatic heterocycles. The first-order valence-corrected chi connectivity index (χ1v) is 8.19.